The largest absolute Gasteiger partial charge is 0.375 e. The third-order valence-electron chi connectivity index (χ3n) is 4.84. The Hall–Kier alpha value is -1.98. The summed E-state index contributed by atoms with van der Waals surface area (Å²) in [5.41, 5.74) is 0.990. The highest BCUT2D eigenvalue weighted by atomic mass is 79.9. The fourth-order valence-electron chi connectivity index (χ4n) is 3.40. The highest BCUT2D eigenvalue weighted by molar-refractivity contribution is 9.10. The van der Waals surface area contributed by atoms with Crippen LogP contribution in [0, 0.1) is 0 Å². The fraction of sp³-hybridized carbons (Fsp3) is 0.333. The van der Waals surface area contributed by atoms with Gasteiger partial charge in [-0.25, -0.2) is 0 Å². The van der Waals surface area contributed by atoms with Gasteiger partial charge in [0.15, 0.2) is 11.4 Å². The predicted molar refractivity (Wildman–Crippen MR) is 105 cm³/mol. The van der Waals surface area contributed by atoms with Crippen molar-refractivity contribution in [3.05, 3.63) is 63.6 Å². The number of hydrogen-bond donors (Lipinski definition) is 1. The molecule has 1 aliphatic heterocycles. The van der Waals surface area contributed by atoms with E-state index in [-0.39, 0.29) is 12.2 Å². The van der Waals surface area contributed by atoms with Crippen molar-refractivity contribution in [1.82, 2.24) is 0 Å². The summed E-state index contributed by atoms with van der Waals surface area (Å²) in [5.74, 6) is -0.668. The van der Waals surface area contributed by atoms with Gasteiger partial charge >= 0.3 is 0 Å². The minimum atomic E-state index is -1.82. The number of Topliss-reactive ketones (excluding diaryl/α,β-unsaturated/α-hetero) is 1. The molecule has 1 heterocycles. The van der Waals surface area contributed by atoms with Gasteiger partial charge in [-0.3, -0.25) is 9.59 Å². The van der Waals surface area contributed by atoms with E-state index in [1.54, 1.807) is 23.1 Å². The lowest BCUT2D eigenvalue weighted by molar-refractivity contribution is -0.135. The molecule has 5 heteroatoms. The molecule has 1 aliphatic rings. The van der Waals surface area contributed by atoms with Crippen LogP contribution in [-0.4, -0.2) is 23.3 Å². The maximum absolute atomic E-state index is 13.0. The maximum atomic E-state index is 13.0. The van der Waals surface area contributed by atoms with Crippen LogP contribution in [-0.2, 0) is 16.8 Å². The van der Waals surface area contributed by atoms with E-state index in [4.69, 9.17) is 0 Å². The smallest absolute Gasteiger partial charge is 0.264 e. The van der Waals surface area contributed by atoms with Crippen LogP contribution in [0.15, 0.2) is 46.9 Å². The van der Waals surface area contributed by atoms with Crippen LogP contribution in [0.4, 0.5) is 5.69 Å². The van der Waals surface area contributed by atoms with Gasteiger partial charge in [-0.2, -0.15) is 0 Å². The predicted octanol–water partition coefficient (Wildman–Crippen LogP) is 4.23. The van der Waals surface area contributed by atoms with Crippen LogP contribution in [0.5, 0.6) is 0 Å². The topological polar surface area (TPSA) is 57.6 Å². The van der Waals surface area contributed by atoms with Crippen LogP contribution in [0.25, 0.3) is 0 Å². The first-order chi connectivity index (χ1) is 12.4. The van der Waals surface area contributed by atoms with Crippen molar-refractivity contribution in [3.63, 3.8) is 0 Å². The Morgan fingerprint density at radius 1 is 1.15 bits per heavy atom. The molecule has 3 rings (SSSR count). The van der Waals surface area contributed by atoms with E-state index in [0.717, 1.165) is 22.9 Å². The van der Waals surface area contributed by atoms with E-state index >= 15 is 0 Å². The highest BCUT2D eigenvalue weighted by Crippen LogP contribution is 2.44. The molecule has 0 aromatic heterocycles. The molecule has 1 N–H and O–H groups in total. The minimum Gasteiger partial charge on any atom is -0.375 e. The Morgan fingerprint density at radius 2 is 1.85 bits per heavy atom. The van der Waals surface area contributed by atoms with Crippen molar-refractivity contribution in [2.24, 2.45) is 0 Å². The molecule has 0 radical (unpaired) electrons. The average Bonchev–Trinajstić information content (AvgIpc) is 2.84. The number of hydrogen-bond acceptors (Lipinski definition) is 3. The van der Waals surface area contributed by atoms with Crippen LogP contribution < -0.4 is 4.90 Å². The van der Waals surface area contributed by atoms with Crippen LogP contribution in [0.3, 0.4) is 0 Å². The normalized spacial score (nSPS) is 18.9. The molecule has 0 saturated carbocycles. The molecular formula is C21H22BrNO3. The van der Waals surface area contributed by atoms with Gasteiger partial charge in [0.05, 0.1) is 12.1 Å². The van der Waals surface area contributed by atoms with Crippen molar-refractivity contribution >= 4 is 33.3 Å². The Bertz CT molecular complexity index is 847. The Balaban J connectivity index is 1.96. The number of carbonyl (C=O) groups excluding carboxylic acids is 2. The number of aliphatic hydroxyl groups is 1. The number of amides is 1. The lowest BCUT2D eigenvalue weighted by Gasteiger charge is -2.22. The first kappa shape index (κ1) is 18.8. The second-order valence-electron chi connectivity index (χ2n) is 6.63. The van der Waals surface area contributed by atoms with Gasteiger partial charge in [-0.05, 0) is 36.6 Å². The molecule has 4 nitrogen and oxygen atoms in total. The zero-order valence-corrected chi connectivity index (χ0v) is 16.5. The summed E-state index contributed by atoms with van der Waals surface area (Å²) in [4.78, 5) is 27.3. The molecular weight excluding hydrogens is 394 g/mol. The van der Waals surface area contributed by atoms with E-state index in [1.807, 2.05) is 38.1 Å². The Morgan fingerprint density at radius 3 is 2.46 bits per heavy atom. The first-order valence-corrected chi connectivity index (χ1v) is 9.66. The monoisotopic (exact) mass is 415 g/mol. The number of nitrogens with zero attached hydrogens (tertiary/aromatic N) is 1. The minimum absolute atomic E-state index is 0.243. The molecule has 1 atom stereocenters. The fourth-order valence-corrected chi connectivity index (χ4v) is 3.76. The van der Waals surface area contributed by atoms with Gasteiger partial charge in [0.2, 0.25) is 0 Å². The molecule has 0 saturated heterocycles. The lowest BCUT2D eigenvalue weighted by atomic mass is 9.88. The molecule has 136 valence electrons. The van der Waals surface area contributed by atoms with E-state index in [9.17, 15) is 14.7 Å². The van der Waals surface area contributed by atoms with E-state index in [0.29, 0.717) is 23.4 Å². The molecule has 26 heavy (non-hydrogen) atoms. The van der Waals surface area contributed by atoms with E-state index in [1.165, 1.54) is 0 Å². The van der Waals surface area contributed by atoms with Gasteiger partial charge in [0.25, 0.3) is 5.91 Å². The number of carbonyl (C=O) groups is 2. The van der Waals surface area contributed by atoms with E-state index in [2.05, 4.69) is 15.9 Å². The Labute approximate surface area is 162 Å². The molecule has 0 spiro atoms. The third kappa shape index (κ3) is 3.21. The second-order valence-corrected chi connectivity index (χ2v) is 7.54. The highest BCUT2D eigenvalue weighted by Gasteiger charge is 2.50. The second kappa shape index (κ2) is 7.33. The number of ketones is 1. The van der Waals surface area contributed by atoms with Crippen molar-refractivity contribution < 1.29 is 14.7 Å². The van der Waals surface area contributed by atoms with Gasteiger partial charge in [0, 0.05) is 22.1 Å². The van der Waals surface area contributed by atoms with E-state index < -0.39 is 11.5 Å². The number of rotatable bonds is 6. The number of aryl methyl sites for hydroxylation is 1. The summed E-state index contributed by atoms with van der Waals surface area (Å²) in [5, 5.41) is 11.2. The molecule has 1 amide bonds. The summed E-state index contributed by atoms with van der Waals surface area (Å²) in [6.45, 7) is 4.53. The summed E-state index contributed by atoms with van der Waals surface area (Å²) in [6, 6.07) is 12.7. The standard InChI is InChI=1S/C21H22BrNO3/c1-3-11-23-18-10-9-16(22)12-17(18)21(26,20(23)25)13-19(24)15-7-5-14(4-2)6-8-15/h5-10,12,26H,3-4,11,13H2,1-2H3/t21-/m1/s1. The summed E-state index contributed by atoms with van der Waals surface area (Å²) >= 11 is 3.40. The molecule has 2 aromatic rings. The van der Waals surface area contributed by atoms with Gasteiger partial charge in [-0.15, -0.1) is 0 Å². The average molecular weight is 416 g/mol. The van der Waals surface area contributed by atoms with Crippen LogP contribution in [0.2, 0.25) is 0 Å². The van der Waals surface area contributed by atoms with Crippen molar-refractivity contribution in [1.29, 1.82) is 0 Å². The maximum Gasteiger partial charge on any atom is 0.264 e. The number of fused-ring (bicyclic) bond motifs is 1. The number of benzene rings is 2. The third-order valence-corrected chi connectivity index (χ3v) is 5.33. The van der Waals surface area contributed by atoms with Crippen molar-refractivity contribution in [3.8, 4) is 0 Å². The number of anilines is 1. The van der Waals surface area contributed by atoms with Gasteiger partial charge < -0.3 is 10.0 Å². The van der Waals surface area contributed by atoms with Gasteiger partial charge in [0.1, 0.15) is 0 Å². The zero-order valence-electron chi connectivity index (χ0n) is 15.0. The van der Waals surface area contributed by atoms with Crippen molar-refractivity contribution in [2.45, 2.75) is 38.7 Å². The summed E-state index contributed by atoms with van der Waals surface area (Å²) < 4.78 is 0.764. The summed E-state index contributed by atoms with van der Waals surface area (Å²) in [6.07, 6.45) is 1.40. The first-order valence-electron chi connectivity index (χ1n) is 8.87. The van der Waals surface area contributed by atoms with Crippen LogP contribution in [0.1, 0.15) is 48.2 Å². The van der Waals surface area contributed by atoms with Crippen LogP contribution >= 0.6 is 15.9 Å². The lowest BCUT2D eigenvalue weighted by Crippen LogP contribution is -2.42. The molecule has 0 bridgehead atoms. The molecule has 0 aliphatic carbocycles. The quantitative estimate of drug-likeness (QED) is 0.718. The Kier molecular flexibility index (Phi) is 5.30. The summed E-state index contributed by atoms with van der Waals surface area (Å²) in [7, 11) is 0. The molecule has 0 unspecified atom stereocenters. The molecule has 0 fully saturated rings. The SMILES string of the molecule is CCCN1C(=O)[C@@](O)(CC(=O)c2ccc(CC)cc2)c2cc(Br)ccc21. The van der Waals surface area contributed by atoms with Crippen molar-refractivity contribution in [2.75, 3.05) is 11.4 Å². The molecule has 2 aromatic carbocycles. The number of halogens is 1. The van der Waals surface area contributed by atoms with Gasteiger partial charge in [-0.1, -0.05) is 54.0 Å². The zero-order chi connectivity index (χ0) is 18.9.